The summed E-state index contributed by atoms with van der Waals surface area (Å²) in [6.45, 7) is 2.30. The van der Waals surface area contributed by atoms with Gasteiger partial charge in [-0.1, -0.05) is 6.07 Å². The highest BCUT2D eigenvalue weighted by Gasteiger charge is 2.20. The summed E-state index contributed by atoms with van der Waals surface area (Å²) in [5.41, 5.74) is 0. The lowest BCUT2D eigenvalue weighted by atomic mass is 10.0. The Morgan fingerprint density at radius 2 is 2.33 bits per heavy atom. The molecular weight excluding hydrogens is 246 g/mol. The molecule has 1 aliphatic rings. The van der Waals surface area contributed by atoms with Gasteiger partial charge < -0.3 is 5.32 Å². The molecule has 1 fully saturated rings. The number of likely N-dealkylation sites (tertiary alicyclic amines) is 1. The number of nitriles is 1. The van der Waals surface area contributed by atoms with Crippen LogP contribution in [0.5, 0.6) is 0 Å². The van der Waals surface area contributed by atoms with E-state index in [4.69, 9.17) is 5.26 Å². The molecule has 0 spiro atoms. The van der Waals surface area contributed by atoms with Gasteiger partial charge in [-0.15, -0.1) is 11.3 Å². The summed E-state index contributed by atoms with van der Waals surface area (Å²) in [7, 11) is 0. The van der Waals surface area contributed by atoms with Crippen molar-refractivity contribution >= 4 is 17.2 Å². The smallest absolute Gasteiger partial charge is 0.225 e. The van der Waals surface area contributed by atoms with Crippen LogP contribution in [0.4, 0.5) is 0 Å². The second kappa shape index (κ2) is 6.53. The molecule has 1 aromatic rings. The first-order valence-electron chi connectivity index (χ1n) is 6.19. The van der Waals surface area contributed by atoms with Gasteiger partial charge in [0, 0.05) is 24.0 Å². The SMILES string of the molecule is N#CCN1CCC(NC(=O)Cc2cccs2)CC1. The van der Waals surface area contributed by atoms with E-state index in [-0.39, 0.29) is 11.9 Å². The van der Waals surface area contributed by atoms with Crippen LogP contribution in [-0.4, -0.2) is 36.5 Å². The van der Waals surface area contributed by atoms with Crippen LogP contribution in [0.15, 0.2) is 17.5 Å². The summed E-state index contributed by atoms with van der Waals surface area (Å²) < 4.78 is 0. The lowest BCUT2D eigenvalue weighted by Crippen LogP contribution is -2.45. The largest absolute Gasteiger partial charge is 0.353 e. The summed E-state index contributed by atoms with van der Waals surface area (Å²) in [4.78, 5) is 15.0. The highest BCUT2D eigenvalue weighted by molar-refractivity contribution is 7.10. The highest BCUT2D eigenvalue weighted by atomic mass is 32.1. The van der Waals surface area contributed by atoms with Crippen molar-refractivity contribution < 1.29 is 4.79 Å². The van der Waals surface area contributed by atoms with Gasteiger partial charge in [0.05, 0.1) is 19.0 Å². The van der Waals surface area contributed by atoms with Crippen molar-refractivity contribution in [2.24, 2.45) is 0 Å². The van der Waals surface area contributed by atoms with Gasteiger partial charge in [-0.3, -0.25) is 9.69 Å². The van der Waals surface area contributed by atoms with Gasteiger partial charge in [0.25, 0.3) is 0 Å². The standard InChI is InChI=1S/C13H17N3OS/c14-5-8-16-6-3-11(4-7-16)15-13(17)10-12-2-1-9-18-12/h1-2,9,11H,3-4,6-8,10H2,(H,15,17). The van der Waals surface area contributed by atoms with E-state index < -0.39 is 0 Å². The lowest BCUT2D eigenvalue weighted by molar-refractivity contribution is -0.121. The van der Waals surface area contributed by atoms with E-state index in [0.29, 0.717) is 13.0 Å². The van der Waals surface area contributed by atoms with Crippen molar-refractivity contribution in [2.45, 2.75) is 25.3 Å². The van der Waals surface area contributed by atoms with E-state index >= 15 is 0 Å². The van der Waals surface area contributed by atoms with Gasteiger partial charge in [-0.05, 0) is 24.3 Å². The van der Waals surface area contributed by atoms with Crippen LogP contribution in [-0.2, 0) is 11.2 Å². The molecule has 1 aliphatic heterocycles. The van der Waals surface area contributed by atoms with Crippen molar-refractivity contribution in [2.75, 3.05) is 19.6 Å². The first-order chi connectivity index (χ1) is 8.78. The zero-order chi connectivity index (χ0) is 12.8. The minimum absolute atomic E-state index is 0.108. The third kappa shape index (κ3) is 3.83. The molecule has 0 aromatic carbocycles. The first kappa shape index (κ1) is 13.1. The Bertz CT molecular complexity index is 416. The maximum absolute atomic E-state index is 11.8. The fourth-order valence-electron chi connectivity index (χ4n) is 2.19. The number of nitrogens with zero attached hydrogens (tertiary/aromatic N) is 2. The number of rotatable bonds is 4. The average molecular weight is 263 g/mol. The maximum Gasteiger partial charge on any atom is 0.225 e. The van der Waals surface area contributed by atoms with Crippen LogP contribution in [0.25, 0.3) is 0 Å². The molecule has 1 N–H and O–H groups in total. The Morgan fingerprint density at radius 3 is 2.94 bits per heavy atom. The Kier molecular flexibility index (Phi) is 4.73. The molecule has 96 valence electrons. The second-order valence-electron chi connectivity index (χ2n) is 4.53. The van der Waals surface area contributed by atoms with Crippen molar-refractivity contribution in [3.63, 3.8) is 0 Å². The van der Waals surface area contributed by atoms with E-state index in [0.717, 1.165) is 30.8 Å². The third-order valence-corrected chi connectivity index (χ3v) is 4.04. The summed E-state index contributed by atoms with van der Waals surface area (Å²) >= 11 is 1.62. The normalized spacial score (nSPS) is 17.3. The summed E-state index contributed by atoms with van der Waals surface area (Å²) in [5, 5.41) is 13.7. The number of thiophene rings is 1. The number of carbonyl (C=O) groups is 1. The van der Waals surface area contributed by atoms with Gasteiger partial charge in [-0.2, -0.15) is 5.26 Å². The topological polar surface area (TPSA) is 56.1 Å². The number of carbonyl (C=O) groups excluding carboxylic acids is 1. The van der Waals surface area contributed by atoms with Crippen LogP contribution in [0.2, 0.25) is 0 Å². The minimum Gasteiger partial charge on any atom is -0.353 e. The Morgan fingerprint density at radius 1 is 1.56 bits per heavy atom. The van der Waals surface area contributed by atoms with Gasteiger partial charge >= 0.3 is 0 Å². The van der Waals surface area contributed by atoms with Gasteiger partial charge in [0.2, 0.25) is 5.91 Å². The molecule has 0 saturated carbocycles. The monoisotopic (exact) mass is 263 g/mol. The van der Waals surface area contributed by atoms with E-state index in [9.17, 15) is 4.79 Å². The molecule has 0 bridgehead atoms. The lowest BCUT2D eigenvalue weighted by Gasteiger charge is -2.30. The van der Waals surface area contributed by atoms with Crippen LogP contribution < -0.4 is 5.32 Å². The van der Waals surface area contributed by atoms with Gasteiger partial charge in [-0.25, -0.2) is 0 Å². The van der Waals surface area contributed by atoms with Gasteiger partial charge in [0.15, 0.2) is 0 Å². The van der Waals surface area contributed by atoms with Crippen LogP contribution >= 0.6 is 11.3 Å². The van der Waals surface area contributed by atoms with E-state index in [1.165, 1.54) is 0 Å². The summed E-state index contributed by atoms with van der Waals surface area (Å²) in [6, 6.07) is 6.39. The van der Waals surface area contributed by atoms with Gasteiger partial charge in [0.1, 0.15) is 0 Å². The van der Waals surface area contributed by atoms with Crippen molar-refractivity contribution in [1.29, 1.82) is 5.26 Å². The zero-order valence-electron chi connectivity index (χ0n) is 10.3. The number of nitrogens with one attached hydrogen (secondary N) is 1. The molecule has 0 atom stereocenters. The zero-order valence-corrected chi connectivity index (χ0v) is 11.1. The third-order valence-electron chi connectivity index (χ3n) is 3.16. The molecule has 2 heterocycles. The fraction of sp³-hybridized carbons (Fsp3) is 0.538. The fourth-order valence-corrected chi connectivity index (χ4v) is 2.89. The summed E-state index contributed by atoms with van der Waals surface area (Å²) in [6.07, 6.45) is 2.37. The number of hydrogen-bond acceptors (Lipinski definition) is 4. The van der Waals surface area contributed by atoms with Crippen LogP contribution in [0.1, 0.15) is 17.7 Å². The predicted octanol–water partition coefficient (Wildman–Crippen LogP) is 1.39. The van der Waals surface area contributed by atoms with Crippen LogP contribution in [0, 0.1) is 11.3 Å². The average Bonchev–Trinajstić information content (AvgIpc) is 2.84. The van der Waals surface area contributed by atoms with Crippen molar-refractivity contribution in [1.82, 2.24) is 10.2 Å². The molecule has 1 amide bonds. The summed E-state index contributed by atoms with van der Waals surface area (Å²) in [5.74, 6) is 0.108. The van der Waals surface area contributed by atoms with E-state index in [1.807, 2.05) is 17.5 Å². The predicted molar refractivity (Wildman–Crippen MR) is 71.2 cm³/mol. The molecule has 0 aliphatic carbocycles. The molecule has 2 rings (SSSR count). The Labute approximate surface area is 111 Å². The minimum atomic E-state index is 0.108. The van der Waals surface area contributed by atoms with Crippen molar-refractivity contribution in [3.8, 4) is 6.07 Å². The molecule has 0 radical (unpaired) electrons. The molecule has 4 nitrogen and oxygen atoms in total. The van der Waals surface area contributed by atoms with Crippen LogP contribution in [0.3, 0.4) is 0 Å². The molecule has 1 aromatic heterocycles. The first-order valence-corrected chi connectivity index (χ1v) is 7.07. The molecule has 18 heavy (non-hydrogen) atoms. The number of amides is 1. The highest BCUT2D eigenvalue weighted by Crippen LogP contribution is 2.12. The number of piperidine rings is 1. The quantitative estimate of drug-likeness (QED) is 0.835. The number of hydrogen-bond donors (Lipinski definition) is 1. The Balaban J connectivity index is 1.71. The maximum atomic E-state index is 11.8. The second-order valence-corrected chi connectivity index (χ2v) is 5.56. The Hall–Kier alpha value is -1.38. The molecular formula is C13H17N3OS. The molecule has 5 heteroatoms. The van der Waals surface area contributed by atoms with Crippen molar-refractivity contribution in [3.05, 3.63) is 22.4 Å². The molecule has 0 unspecified atom stereocenters. The van der Waals surface area contributed by atoms with E-state index in [1.54, 1.807) is 11.3 Å². The van der Waals surface area contributed by atoms with E-state index in [2.05, 4.69) is 16.3 Å². The molecule has 1 saturated heterocycles.